The molecule has 0 unspecified atom stereocenters. The molecule has 0 radical (unpaired) electrons. The summed E-state index contributed by atoms with van der Waals surface area (Å²) >= 11 is 0. The Hall–Kier alpha value is -1.75. The zero-order valence-corrected chi connectivity index (χ0v) is 14.0. The summed E-state index contributed by atoms with van der Waals surface area (Å²) in [5, 5.41) is 1.11. The van der Waals surface area contributed by atoms with Crippen molar-refractivity contribution in [2.45, 2.75) is 39.5 Å². The molecule has 0 atom stereocenters. The number of anilines is 1. The molecule has 0 saturated carbocycles. The largest absolute Gasteiger partial charge is 0.381 e. The molecule has 5 nitrogen and oxygen atoms in total. The van der Waals surface area contributed by atoms with Crippen LogP contribution >= 0.6 is 0 Å². The second-order valence-electron chi connectivity index (χ2n) is 7.08. The fraction of sp³-hybridized carbons (Fsp3) is 0.611. The maximum Gasteiger partial charge on any atom is 0.165 e. The molecule has 2 fully saturated rings. The summed E-state index contributed by atoms with van der Waals surface area (Å²) < 4.78 is 5.55. The molecular formula is C18H24N4O. The van der Waals surface area contributed by atoms with E-state index in [9.17, 15) is 0 Å². The minimum absolute atomic E-state index is 0.501. The van der Waals surface area contributed by atoms with Gasteiger partial charge in [0.1, 0.15) is 12.1 Å². The van der Waals surface area contributed by atoms with Gasteiger partial charge in [0.25, 0.3) is 0 Å². The number of pyridine rings is 1. The Kier molecular flexibility index (Phi) is 3.68. The first-order valence-corrected chi connectivity index (χ1v) is 8.59. The van der Waals surface area contributed by atoms with E-state index in [2.05, 4.69) is 32.8 Å². The molecule has 1 spiro atoms. The molecule has 122 valence electrons. The summed E-state index contributed by atoms with van der Waals surface area (Å²) in [4.78, 5) is 16.0. The van der Waals surface area contributed by atoms with Gasteiger partial charge in [-0.15, -0.1) is 0 Å². The molecule has 5 heteroatoms. The maximum absolute atomic E-state index is 5.55. The molecule has 4 rings (SSSR count). The van der Waals surface area contributed by atoms with E-state index in [4.69, 9.17) is 4.74 Å². The van der Waals surface area contributed by atoms with E-state index in [1.54, 1.807) is 6.33 Å². The van der Waals surface area contributed by atoms with Gasteiger partial charge < -0.3 is 9.64 Å². The van der Waals surface area contributed by atoms with E-state index in [0.29, 0.717) is 5.41 Å². The lowest BCUT2D eigenvalue weighted by Crippen LogP contribution is -2.43. The highest BCUT2D eigenvalue weighted by molar-refractivity contribution is 5.90. The van der Waals surface area contributed by atoms with Gasteiger partial charge in [0.05, 0.1) is 5.39 Å². The van der Waals surface area contributed by atoms with Crippen LogP contribution in [-0.4, -0.2) is 41.3 Å². The van der Waals surface area contributed by atoms with Gasteiger partial charge in [-0.05, 0) is 56.6 Å². The number of ether oxygens (including phenoxy) is 1. The van der Waals surface area contributed by atoms with Gasteiger partial charge in [0, 0.05) is 32.0 Å². The molecule has 2 aromatic rings. The van der Waals surface area contributed by atoms with E-state index in [1.807, 2.05) is 6.92 Å². The topological polar surface area (TPSA) is 51.1 Å². The predicted octanol–water partition coefficient (Wildman–Crippen LogP) is 3.04. The molecule has 0 aliphatic carbocycles. The predicted molar refractivity (Wildman–Crippen MR) is 90.7 cm³/mol. The van der Waals surface area contributed by atoms with Crippen molar-refractivity contribution in [1.82, 2.24) is 15.0 Å². The summed E-state index contributed by atoms with van der Waals surface area (Å²) in [6.07, 6.45) is 6.55. The third-order valence-electron chi connectivity index (χ3n) is 5.59. The van der Waals surface area contributed by atoms with Crippen LogP contribution in [0.4, 0.5) is 5.82 Å². The van der Waals surface area contributed by atoms with Crippen LogP contribution < -0.4 is 4.90 Å². The Morgan fingerprint density at radius 1 is 1.04 bits per heavy atom. The number of aryl methyl sites for hydroxylation is 2. The number of aromatic nitrogens is 3. The molecule has 0 amide bonds. The average molecular weight is 312 g/mol. The van der Waals surface area contributed by atoms with Gasteiger partial charge in [-0.3, -0.25) is 0 Å². The van der Waals surface area contributed by atoms with Gasteiger partial charge in [-0.25, -0.2) is 15.0 Å². The number of fused-ring (bicyclic) bond motifs is 1. The fourth-order valence-electron chi connectivity index (χ4n) is 4.13. The highest BCUT2D eigenvalue weighted by Crippen LogP contribution is 2.42. The lowest BCUT2D eigenvalue weighted by atomic mass is 9.72. The smallest absolute Gasteiger partial charge is 0.165 e. The highest BCUT2D eigenvalue weighted by atomic mass is 16.5. The molecule has 2 aliphatic rings. The third-order valence-corrected chi connectivity index (χ3v) is 5.59. The van der Waals surface area contributed by atoms with Crippen LogP contribution in [0.3, 0.4) is 0 Å². The van der Waals surface area contributed by atoms with Crippen molar-refractivity contribution >= 4 is 16.9 Å². The Balaban J connectivity index is 1.63. The number of hydrogen-bond acceptors (Lipinski definition) is 5. The van der Waals surface area contributed by atoms with Crippen molar-refractivity contribution in [2.24, 2.45) is 5.41 Å². The summed E-state index contributed by atoms with van der Waals surface area (Å²) in [7, 11) is 0. The molecule has 23 heavy (non-hydrogen) atoms. The summed E-state index contributed by atoms with van der Waals surface area (Å²) in [6.45, 7) is 8.15. The Bertz CT molecular complexity index is 714. The van der Waals surface area contributed by atoms with Crippen molar-refractivity contribution in [2.75, 3.05) is 31.2 Å². The molecule has 2 aliphatic heterocycles. The van der Waals surface area contributed by atoms with Crippen LogP contribution in [-0.2, 0) is 4.74 Å². The average Bonchev–Trinajstić information content (AvgIpc) is 2.55. The van der Waals surface area contributed by atoms with Crippen molar-refractivity contribution in [1.29, 1.82) is 0 Å². The van der Waals surface area contributed by atoms with Crippen LogP contribution in [0, 0.1) is 19.3 Å². The first-order chi connectivity index (χ1) is 11.2. The zero-order chi connectivity index (χ0) is 15.9. The van der Waals surface area contributed by atoms with Crippen LogP contribution in [0.2, 0.25) is 0 Å². The van der Waals surface area contributed by atoms with Crippen LogP contribution in [0.1, 0.15) is 36.9 Å². The van der Waals surface area contributed by atoms with E-state index < -0.39 is 0 Å². The molecule has 4 heterocycles. The Morgan fingerprint density at radius 3 is 2.52 bits per heavy atom. The SMILES string of the molecule is Cc1cc(C)c2c(N3CCC4(CCOCC4)CC3)ncnc2n1. The van der Waals surface area contributed by atoms with Gasteiger partial charge in [-0.1, -0.05) is 0 Å². The fourth-order valence-corrected chi connectivity index (χ4v) is 4.13. The lowest BCUT2D eigenvalue weighted by Gasteiger charge is -2.44. The standard InChI is InChI=1S/C18H24N4O/c1-13-11-14(2)21-16-15(13)17(20-12-19-16)22-7-3-18(4-8-22)5-9-23-10-6-18/h11-12H,3-10H2,1-2H3. The maximum atomic E-state index is 5.55. The van der Waals surface area contributed by atoms with Crippen LogP contribution in [0.5, 0.6) is 0 Å². The summed E-state index contributed by atoms with van der Waals surface area (Å²) in [5.74, 6) is 1.06. The zero-order valence-electron chi connectivity index (χ0n) is 14.0. The minimum Gasteiger partial charge on any atom is -0.381 e. The van der Waals surface area contributed by atoms with Gasteiger partial charge in [0.15, 0.2) is 5.65 Å². The molecule has 2 saturated heterocycles. The van der Waals surface area contributed by atoms with Crippen molar-refractivity contribution < 1.29 is 4.74 Å². The first-order valence-electron chi connectivity index (χ1n) is 8.59. The minimum atomic E-state index is 0.501. The van der Waals surface area contributed by atoms with Crippen molar-refractivity contribution in [3.8, 4) is 0 Å². The Morgan fingerprint density at radius 2 is 1.78 bits per heavy atom. The third kappa shape index (κ3) is 2.67. The van der Waals surface area contributed by atoms with Crippen LogP contribution in [0.15, 0.2) is 12.4 Å². The number of nitrogens with zero attached hydrogens (tertiary/aromatic N) is 4. The van der Waals surface area contributed by atoms with E-state index >= 15 is 0 Å². The highest BCUT2D eigenvalue weighted by Gasteiger charge is 2.36. The van der Waals surface area contributed by atoms with Gasteiger partial charge >= 0.3 is 0 Å². The molecule has 0 bridgehead atoms. The second kappa shape index (κ2) is 5.71. The van der Waals surface area contributed by atoms with Crippen molar-refractivity contribution in [3.63, 3.8) is 0 Å². The summed E-state index contributed by atoms with van der Waals surface area (Å²) in [5.41, 5.74) is 3.55. The second-order valence-corrected chi connectivity index (χ2v) is 7.08. The van der Waals surface area contributed by atoms with E-state index in [-0.39, 0.29) is 0 Å². The summed E-state index contributed by atoms with van der Waals surface area (Å²) in [6, 6.07) is 2.12. The molecule has 2 aromatic heterocycles. The van der Waals surface area contributed by atoms with Crippen molar-refractivity contribution in [3.05, 3.63) is 23.7 Å². The normalized spacial score (nSPS) is 21.0. The first kappa shape index (κ1) is 14.8. The van der Waals surface area contributed by atoms with Gasteiger partial charge in [-0.2, -0.15) is 0 Å². The van der Waals surface area contributed by atoms with E-state index in [0.717, 1.165) is 48.8 Å². The Labute approximate surface area is 137 Å². The number of rotatable bonds is 1. The van der Waals surface area contributed by atoms with E-state index in [1.165, 1.54) is 31.2 Å². The number of piperidine rings is 1. The van der Waals surface area contributed by atoms with Crippen LogP contribution in [0.25, 0.3) is 11.0 Å². The molecule has 0 N–H and O–H groups in total. The molecular weight excluding hydrogens is 288 g/mol. The quantitative estimate of drug-likeness (QED) is 0.810. The molecule has 0 aromatic carbocycles. The number of hydrogen-bond donors (Lipinski definition) is 0. The van der Waals surface area contributed by atoms with Gasteiger partial charge in [0.2, 0.25) is 0 Å². The monoisotopic (exact) mass is 312 g/mol. The lowest BCUT2D eigenvalue weighted by molar-refractivity contribution is 0.00208.